The first-order chi connectivity index (χ1) is 10.1. The molecular weight excluding hydrogens is 313 g/mol. The molecule has 3 N–H and O–H groups in total. The molecule has 2 aromatic rings. The number of amides is 3. The van der Waals surface area contributed by atoms with Crippen LogP contribution in [0.3, 0.4) is 0 Å². The van der Waals surface area contributed by atoms with E-state index in [2.05, 4.69) is 16.2 Å². The van der Waals surface area contributed by atoms with Crippen molar-refractivity contribution in [3.8, 4) is 0 Å². The van der Waals surface area contributed by atoms with Crippen LogP contribution < -0.4 is 16.2 Å². The molecule has 108 valence electrons. The molecule has 0 heterocycles. The van der Waals surface area contributed by atoms with E-state index in [1.165, 1.54) is 6.07 Å². The van der Waals surface area contributed by atoms with Gasteiger partial charge in [0.1, 0.15) is 0 Å². The molecule has 0 fully saturated rings. The number of hydrazine groups is 1. The molecule has 2 rings (SSSR count). The highest BCUT2D eigenvalue weighted by molar-refractivity contribution is 6.42. The normalized spacial score (nSPS) is 9.81. The lowest BCUT2D eigenvalue weighted by molar-refractivity contribution is 0.0938. The summed E-state index contributed by atoms with van der Waals surface area (Å²) in [4.78, 5) is 23.3. The molecule has 2 aromatic carbocycles. The molecule has 21 heavy (non-hydrogen) atoms. The van der Waals surface area contributed by atoms with Crippen molar-refractivity contribution < 1.29 is 9.59 Å². The Labute approximate surface area is 131 Å². The van der Waals surface area contributed by atoms with Crippen LogP contribution in [0.2, 0.25) is 10.0 Å². The average Bonchev–Trinajstić information content (AvgIpc) is 2.49. The van der Waals surface area contributed by atoms with Gasteiger partial charge in [0.2, 0.25) is 0 Å². The first-order valence-electron chi connectivity index (χ1n) is 5.93. The molecule has 0 aliphatic rings. The molecular formula is C14H11Cl2N3O2. The molecule has 0 spiro atoms. The standard InChI is InChI=1S/C14H11Cl2N3O2/c15-11-7-6-10(8-12(11)16)17-14(21)19-18-13(20)9-4-2-1-3-5-9/h1-8H,(H,18,20)(H2,17,19,21). The highest BCUT2D eigenvalue weighted by atomic mass is 35.5. The number of hydrogen-bond donors (Lipinski definition) is 3. The lowest BCUT2D eigenvalue weighted by atomic mass is 10.2. The Kier molecular flexibility index (Phi) is 5.03. The van der Waals surface area contributed by atoms with Crippen LogP contribution in [0.5, 0.6) is 0 Å². The monoisotopic (exact) mass is 323 g/mol. The van der Waals surface area contributed by atoms with Crippen molar-refractivity contribution in [1.29, 1.82) is 0 Å². The predicted octanol–water partition coefficient (Wildman–Crippen LogP) is 3.46. The third-order valence-electron chi connectivity index (χ3n) is 2.50. The minimum atomic E-state index is -0.599. The minimum absolute atomic E-state index is 0.322. The Morgan fingerprint density at radius 1 is 0.857 bits per heavy atom. The van der Waals surface area contributed by atoms with E-state index >= 15 is 0 Å². The molecule has 0 saturated heterocycles. The molecule has 7 heteroatoms. The zero-order valence-corrected chi connectivity index (χ0v) is 12.2. The largest absolute Gasteiger partial charge is 0.337 e. The summed E-state index contributed by atoms with van der Waals surface area (Å²) in [5, 5.41) is 3.22. The second-order valence-corrected chi connectivity index (χ2v) is 4.84. The van der Waals surface area contributed by atoms with Crippen molar-refractivity contribution in [2.24, 2.45) is 0 Å². The Bertz CT molecular complexity index is 663. The number of hydrogen-bond acceptors (Lipinski definition) is 2. The van der Waals surface area contributed by atoms with Gasteiger partial charge in [-0.05, 0) is 30.3 Å². The summed E-state index contributed by atoms with van der Waals surface area (Å²) >= 11 is 11.6. The topological polar surface area (TPSA) is 70.2 Å². The van der Waals surface area contributed by atoms with Crippen LogP contribution in [0.4, 0.5) is 10.5 Å². The number of carbonyl (C=O) groups is 2. The van der Waals surface area contributed by atoms with Gasteiger partial charge in [0.05, 0.1) is 10.0 Å². The number of rotatable bonds is 2. The van der Waals surface area contributed by atoms with Gasteiger partial charge in [-0.15, -0.1) is 0 Å². The van der Waals surface area contributed by atoms with E-state index in [4.69, 9.17) is 23.2 Å². The number of benzene rings is 2. The van der Waals surface area contributed by atoms with E-state index in [-0.39, 0.29) is 0 Å². The van der Waals surface area contributed by atoms with Crippen LogP contribution in [0.15, 0.2) is 48.5 Å². The number of anilines is 1. The second kappa shape index (κ2) is 6.97. The Balaban J connectivity index is 1.87. The van der Waals surface area contributed by atoms with Crippen LogP contribution >= 0.6 is 23.2 Å². The molecule has 0 saturated carbocycles. The third kappa shape index (κ3) is 4.37. The van der Waals surface area contributed by atoms with E-state index < -0.39 is 11.9 Å². The summed E-state index contributed by atoms with van der Waals surface area (Å²) in [7, 11) is 0. The van der Waals surface area contributed by atoms with Crippen molar-refractivity contribution in [3.63, 3.8) is 0 Å². The van der Waals surface area contributed by atoms with E-state index in [1.807, 2.05) is 0 Å². The van der Waals surface area contributed by atoms with Crippen molar-refractivity contribution in [3.05, 3.63) is 64.1 Å². The number of carbonyl (C=O) groups excluding carboxylic acids is 2. The quantitative estimate of drug-likeness (QED) is 0.741. The second-order valence-electron chi connectivity index (χ2n) is 4.03. The fraction of sp³-hybridized carbons (Fsp3) is 0. The van der Waals surface area contributed by atoms with Crippen molar-refractivity contribution in [2.75, 3.05) is 5.32 Å². The van der Waals surface area contributed by atoms with Gasteiger partial charge in [0.15, 0.2) is 0 Å². The number of nitrogens with one attached hydrogen (secondary N) is 3. The maximum Gasteiger partial charge on any atom is 0.337 e. The Hall–Kier alpha value is -2.24. The summed E-state index contributed by atoms with van der Waals surface area (Å²) in [6.45, 7) is 0. The van der Waals surface area contributed by atoms with Gasteiger partial charge in [-0.2, -0.15) is 0 Å². The maximum atomic E-state index is 11.7. The molecule has 0 aliphatic carbocycles. The molecule has 0 atom stereocenters. The molecule has 3 amide bonds. The summed E-state index contributed by atoms with van der Waals surface area (Å²) in [6.07, 6.45) is 0. The van der Waals surface area contributed by atoms with Crippen LogP contribution in [0, 0.1) is 0 Å². The van der Waals surface area contributed by atoms with Gasteiger partial charge >= 0.3 is 6.03 Å². The molecule has 0 radical (unpaired) electrons. The van der Waals surface area contributed by atoms with Crippen molar-refractivity contribution in [2.45, 2.75) is 0 Å². The average molecular weight is 324 g/mol. The summed E-state index contributed by atoms with van der Waals surface area (Å²) < 4.78 is 0. The zero-order valence-electron chi connectivity index (χ0n) is 10.7. The minimum Gasteiger partial charge on any atom is -0.307 e. The molecule has 0 aliphatic heterocycles. The smallest absolute Gasteiger partial charge is 0.307 e. The van der Waals surface area contributed by atoms with Gasteiger partial charge in [-0.3, -0.25) is 10.2 Å². The van der Waals surface area contributed by atoms with Crippen LogP contribution in [0.25, 0.3) is 0 Å². The Morgan fingerprint density at radius 3 is 2.24 bits per heavy atom. The summed E-state index contributed by atoms with van der Waals surface area (Å²) in [5.41, 5.74) is 5.41. The van der Waals surface area contributed by atoms with Gasteiger partial charge in [0.25, 0.3) is 5.91 Å². The highest BCUT2D eigenvalue weighted by Crippen LogP contribution is 2.24. The van der Waals surface area contributed by atoms with Gasteiger partial charge < -0.3 is 5.32 Å². The van der Waals surface area contributed by atoms with Crippen LogP contribution in [-0.2, 0) is 0 Å². The van der Waals surface area contributed by atoms with Gasteiger partial charge in [0, 0.05) is 11.3 Å². The lowest BCUT2D eigenvalue weighted by Gasteiger charge is -2.09. The van der Waals surface area contributed by atoms with Crippen LogP contribution in [0.1, 0.15) is 10.4 Å². The van der Waals surface area contributed by atoms with E-state index in [0.717, 1.165) is 0 Å². The lowest BCUT2D eigenvalue weighted by Crippen LogP contribution is -2.43. The molecule has 0 bridgehead atoms. The van der Waals surface area contributed by atoms with Gasteiger partial charge in [-0.1, -0.05) is 41.4 Å². The van der Waals surface area contributed by atoms with Gasteiger partial charge in [-0.25, -0.2) is 10.2 Å². The Morgan fingerprint density at radius 2 is 1.57 bits per heavy atom. The molecule has 0 unspecified atom stereocenters. The molecule has 5 nitrogen and oxygen atoms in total. The van der Waals surface area contributed by atoms with Crippen LogP contribution in [-0.4, -0.2) is 11.9 Å². The zero-order chi connectivity index (χ0) is 15.2. The predicted molar refractivity (Wildman–Crippen MR) is 82.5 cm³/mol. The maximum absolute atomic E-state index is 11.7. The first kappa shape index (κ1) is 15.2. The first-order valence-corrected chi connectivity index (χ1v) is 6.69. The van der Waals surface area contributed by atoms with E-state index in [0.29, 0.717) is 21.3 Å². The van der Waals surface area contributed by atoms with Crippen molar-refractivity contribution >= 4 is 40.8 Å². The van der Waals surface area contributed by atoms with E-state index in [1.54, 1.807) is 42.5 Å². The molecule has 0 aromatic heterocycles. The van der Waals surface area contributed by atoms with Crippen molar-refractivity contribution in [1.82, 2.24) is 10.9 Å². The highest BCUT2D eigenvalue weighted by Gasteiger charge is 2.07. The summed E-state index contributed by atoms with van der Waals surface area (Å²) in [5.74, 6) is -0.417. The van der Waals surface area contributed by atoms with E-state index in [9.17, 15) is 9.59 Å². The third-order valence-corrected chi connectivity index (χ3v) is 3.24. The number of halogens is 2. The fourth-order valence-corrected chi connectivity index (χ4v) is 1.81. The fourth-order valence-electron chi connectivity index (χ4n) is 1.51. The summed E-state index contributed by atoms with van der Waals surface area (Å²) in [6, 6.07) is 12.6. The SMILES string of the molecule is O=C(NNC(=O)c1ccccc1)Nc1ccc(Cl)c(Cl)c1. The number of urea groups is 1.